The number of alkyl halides is 3. The number of rotatable bonds is 12. The monoisotopic (exact) mass is 569 g/mol. The Labute approximate surface area is 237 Å². The first-order chi connectivity index (χ1) is 18.7. The lowest BCUT2D eigenvalue weighted by atomic mass is 10.0. The molecular weight excluding hydrogens is 535 g/mol. The van der Waals surface area contributed by atoms with Gasteiger partial charge in [0, 0.05) is 20.6 Å². The van der Waals surface area contributed by atoms with E-state index in [1.54, 1.807) is 29.2 Å². The van der Waals surface area contributed by atoms with Crippen LogP contribution in [0.1, 0.15) is 71.0 Å². The average molecular weight is 570 g/mol. The average Bonchev–Trinajstić information content (AvgIpc) is 3.31. The minimum atomic E-state index is -4.35. The van der Waals surface area contributed by atoms with Gasteiger partial charge in [-0.05, 0) is 74.6 Å². The number of benzene rings is 3. The second-order valence-electron chi connectivity index (χ2n) is 9.89. The summed E-state index contributed by atoms with van der Waals surface area (Å²) in [5, 5.41) is 10.9. The molecule has 0 aliphatic rings. The maximum atomic E-state index is 13.0. The summed E-state index contributed by atoms with van der Waals surface area (Å²) in [6.07, 6.45) is 3.60. The Morgan fingerprint density at radius 2 is 1.56 bits per heavy atom. The van der Waals surface area contributed by atoms with Gasteiger partial charge in [-0.1, -0.05) is 68.1 Å². The number of halogens is 3. The van der Waals surface area contributed by atoms with Crippen molar-refractivity contribution in [3.63, 3.8) is 0 Å². The van der Waals surface area contributed by atoms with Crippen molar-refractivity contribution < 1.29 is 18.3 Å². The first-order valence-corrected chi connectivity index (χ1v) is 15.1. The molecule has 1 atom stereocenters. The molecule has 0 bridgehead atoms. The van der Waals surface area contributed by atoms with Crippen LogP contribution < -0.4 is 0 Å². The highest BCUT2D eigenvalue weighted by atomic mass is 32.2. The van der Waals surface area contributed by atoms with Crippen LogP contribution in [0.3, 0.4) is 0 Å². The van der Waals surface area contributed by atoms with Crippen LogP contribution in [-0.2, 0) is 12.6 Å². The van der Waals surface area contributed by atoms with Gasteiger partial charge < -0.3 is 5.11 Å². The fraction of sp³-hybridized carbons (Fsp3) is 0.344. The normalized spacial score (nSPS) is 12.5. The van der Waals surface area contributed by atoms with Gasteiger partial charge in [-0.3, -0.25) is 0 Å². The number of unbranched alkanes of at least 4 members (excludes halogenated alkanes) is 4. The van der Waals surface area contributed by atoms with E-state index in [9.17, 15) is 18.3 Å². The third-order valence-corrected chi connectivity index (χ3v) is 9.56. The summed E-state index contributed by atoms with van der Waals surface area (Å²) in [6.45, 7) is 3.88. The van der Waals surface area contributed by atoms with E-state index in [1.165, 1.54) is 37.0 Å². The number of aryl methyl sites for hydroxylation is 3. The molecule has 0 aliphatic heterocycles. The number of hydrogen-bond acceptors (Lipinski definition) is 4. The largest absolute Gasteiger partial charge is 0.508 e. The quantitative estimate of drug-likeness (QED) is 0.136. The molecule has 3 aromatic carbocycles. The molecule has 1 aromatic heterocycles. The van der Waals surface area contributed by atoms with Crippen molar-refractivity contribution in [2.75, 3.05) is 0 Å². The predicted molar refractivity (Wildman–Crippen MR) is 157 cm³/mol. The van der Waals surface area contributed by atoms with Gasteiger partial charge >= 0.3 is 6.18 Å². The fourth-order valence-electron chi connectivity index (χ4n) is 4.58. The lowest BCUT2D eigenvalue weighted by Crippen LogP contribution is -2.03. The molecule has 0 radical (unpaired) electrons. The van der Waals surface area contributed by atoms with Crippen molar-refractivity contribution in [1.82, 2.24) is 4.98 Å². The molecule has 206 valence electrons. The molecule has 0 fully saturated rings. The van der Waals surface area contributed by atoms with Gasteiger partial charge in [0.05, 0.1) is 11.3 Å². The maximum Gasteiger partial charge on any atom is 0.416 e. The summed E-state index contributed by atoms with van der Waals surface area (Å²) < 4.78 is 39.1. The minimum absolute atomic E-state index is 0.180. The number of thioether (sulfide) groups is 1. The number of thiazole rings is 1. The van der Waals surface area contributed by atoms with Crippen LogP contribution in [0.4, 0.5) is 13.2 Å². The number of phenolic OH excluding ortho intramolecular Hbond substituents is 1. The Morgan fingerprint density at radius 1 is 0.872 bits per heavy atom. The third-order valence-electron chi connectivity index (χ3n) is 6.81. The van der Waals surface area contributed by atoms with Crippen molar-refractivity contribution in [3.8, 4) is 16.3 Å². The van der Waals surface area contributed by atoms with Crippen molar-refractivity contribution in [1.29, 1.82) is 0 Å². The zero-order chi connectivity index (χ0) is 27.8. The Kier molecular flexibility index (Phi) is 10.1. The van der Waals surface area contributed by atoms with E-state index in [4.69, 9.17) is 4.98 Å². The van der Waals surface area contributed by atoms with E-state index in [2.05, 4.69) is 30.3 Å². The first-order valence-electron chi connectivity index (χ1n) is 13.4. The lowest BCUT2D eigenvalue weighted by molar-refractivity contribution is -0.137. The Morgan fingerprint density at radius 3 is 2.26 bits per heavy atom. The highest BCUT2D eigenvalue weighted by molar-refractivity contribution is 7.99. The van der Waals surface area contributed by atoms with Gasteiger partial charge in [0.2, 0.25) is 0 Å². The van der Waals surface area contributed by atoms with E-state index in [1.807, 2.05) is 26.0 Å². The van der Waals surface area contributed by atoms with E-state index in [-0.39, 0.29) is 11.0 Å². The van der Waals surface area contributed by atoms with Crippen LogP contribution in [-0.4, -0.2) is 10.1 Å². The molecule has 0 saturated carbocycles. The van der Waals surface area contributed by atoms with E-state index >= 15 is 0 Å². The molecule has 4 rings (SSSR count). The van der Waals surface area contributed by atoms with Crippen LogP contribution in [0.2, 0.25) is 0 Å². The Balaban J connectivity index is 1.42. The zero-order valence-electron chi connectivity index (χ0n) is 22.3. The predicted octanol–water partition coefficient (Wildman–Crippen LogP) is 10.6. The van der Waals surface area contributed by atoms with Crippen molar-refractivity contribution >= 4 is 23.1 Å². The molecule has 7 heteroatoms. The Hall–Kier alpha value is -2.77. The van der Waals surface area contributed by atoms with Crippen molar-refractivity contribution in [2.45, 2.75) is 75.1 Å². The highest BCUT2D eigenvalue weighted by Gasteiger charge is 2.30. The summed E-state index contributed by atoms with van der Waals surface area (Å²) >= 11 is 3.34. The van der Waals surface area contributed by atoms with E-state index in [0.29, 0.717) is 5.56 Å². The molecule has 1 unspecified atom stereocenters. The molecule has 39 heavy (non-hydrogen) atoms. The fourth-order valence-corrected chi connectivity index (χ4v) is 7.23. The van der Waals surface area contributed by atoms with E-state index in [0.717, 1.165) is 63.9 Å². The van der Waals surface area contributed by atoms with E-state index < -0.39 is 11.7 Å². The smallest absolute Gasteiger partial charge is 0.416 e. The second kappa shape index (κ2) is 13.5. The summed E-state index contributed by atoms with van der Waals surface area (Å²) in [4.78, 5) is 6.99. The summed E-state index contributed by atoms with van der Waals surface area (Å²) in [5.41, 5.74) is 3.20. The first kappa shape index (κ1) is 29.2. The van der Waals surface area contributed by atoms with Gasteiger partial charge in [0.25, 0.3) is 0 Å². The standard InChI is InChI=1S/C32H34F3NOS2/c1-22-21-27(19-20-28(22)37)38-29(14-10-5-3-4-7-11-24-12-8-6-9-13-24)30-23(2)36-31(39-30)25-15-17-26(18-16-25)32(33,34)35/h6,8-9,12-13,15-21,29,37H,3-5,7,10-11,14H2,1-2H3. The SMILES string of the molecule is Cc1cc(SC(CCCCCCCc2ccccc2)c2sc(-c3ccc(C(F)(F)F)cc3)nc2C)ccc1O. The molecule has 0 spiro atoms. The van der Waals surface area contributed by atoms with Crippen molar-refractivity contribution in [2.24, 2.45) is 0 Å². The molecule has 1 heterocycles. The minimum Gasteiger partial charge on any atom is -0.508 e. The van der Waals surface area contributed by atoms with Gasteiger partial charge in [-0.25, -0.2) is 4.98 Å². The molecule has 0 saturated heterocycles. The van der Waals surface area contributed by atoms with Gasteiger partial charge in [-0.15, -0.1) is 23.1 Å². The number of aromatic nitrogens is 1. The summed E-state index contributed by atoms with van der Waals surface area (Å²) in [7, 11) is 0. The number of nitrogens with zero attached hydrogens (tertiary/aromatic N) is 1. The summed E-state index contributed by atoms with van der Waals surface area (Å²) in [6, 6.07) is 21.5. The molecule has 0 aliphatic carbocycles. The number of hydrogen-bond donors (Lipinski definition) is 1. The van der Waals surface area contributed by atoms with Crippen LogP contribution in [0.25, 0.3) is 10.6 Å². The van der Waals surface area contributed by atoms with Gasteiger partial charge in [-0.2, -0.15) is 13.2 Å². The molecule has 4 aromatic rings. The Bertz CT molecular complexity index is 1330. The van der Waals surface area contributed by atoms with Gasteiger partial charge in [0.15, 0.2) is 0 Å². The van der Waals surface area contributed by atoms with Gasteiger partial charge in [0.1, 0.15) is 10.8 Å². The van der Waals surface area contributed by atoms with Crippen LogP contribution in [0, 0.1) is 13.8 Å². The molecule has 0 amide bonds. The molecule has 1 N–H and O–H groups in total. The number of aromatic hydroxyl groups is 1. The molecular formula is C32H34F3NOS2. The van der Waals surface area contributed by atoms with Crippen molar-refractivity contribution in [3.05, 3.63) is 100 Å². The van der Waals surface area contributed by atoms with Crippen LogP contribution in [0.5, 0.6) is 5.75 Å². The maximum absolute atomic E-state index is 13.0. The zero-order valence-corrected chi connectivity index (χ0v) is 23.9. The highest BCUT2D eigenvalue weighted by Crippen LogP contribution is 2.45. The number of phenols is 1. The molecule has 2 nitrogen and oxygen atoms in total. The second-order valence-corrected chi connectivity index (χ2v) is 12.2. The third kappa shape index (κ3) is 8.36. The van der Waals surface area contributed by atoms with Crippen LogP contribution >= 0.6 is 23.1 Å². The lowest BCUT2D eigenvalue weighted by Gasteiger charge is -2.16. The summed E-state index contributed by atoms with van der Waals surface area (Å²) in [5.74, 6) is 0.282. The van der Waals surface area contributed by atoms with Crippen LogP contribution in [0.15, 0.2) is 77.7 Å². The topological polar surface area (TPSA) is 33.1 Å².